The summed E-state index contributed by atoms with van der Waals surface area (Å²) in [7, 11) is 3.72. The SMILES string of the molecule is CCC(C)(C(N)c1c(F)ccc(Br)c1F)N(C)C. The van der Waals surface area contributed by atoms with Gasteiger partial charge in [0.05, 0.1) is 10.5 Å². The Kier molecular flexibility index (Phi) is 4.86. The highest BCUT2D eigenvalue weighted by Gasteiger charge is 2.36. The zero-order valence-electron chi connectivity index (χ0n) is 11.1. The summed E-state index contributed by atoms with van der Waals surface area (Å²) in [6.45, 7) is 3.85. The molecule has 5 heteroatoms. The first-order valence-electron chi connectivity index (χ1n) is 5.82. The van der Waals surface area contributed by atoms with Crippen molar-refractivity contribution in [2.24, 2.45) is 5.73 Å². The van der Waals surface area contributed by atoms with E-state index in [0.29, 0.717) is 6.42 Å². The van der Waals surface area contributed by atoms with E-state index in [2.05, 4.69) is 15.9 Å². The fraction of sp³-hybridized carbons (Fsp3) is 0.538. The van der Waals surface area contributed by atoms with E-state index in [1.807, 2.05) is 32.8 Å². The van der Waals surface area contributed by atoms with E-state index < -0.39 is 23.2 Å². The maximum atomic E-state index is 14.1. The zero-order valence-corrected chi connectivity index (χ0v) is 12.7. The molecule has 0 bridgehead atoms. The van der Waals surface area contributed by atoms with Gasteiger partial charge < -0.3 is 10.6 Å². The van der Waals surface area contributed by atoms with Gasteiger partial charge in [0, 0.05) is 11.1 Å². The van der Waals surface area contributed by atoms with E-state index in [1.54, 1.807) is 0 Å². The Hall–Kier alpha value is -0.520. The molecule has 0 spiro atoms. The third-order valence-corrected chi connectivity index (χ3v) is 4.41. The summed E-state index contributed by atoms with van der Waals surface area (Å²) in [6.07, 6.45) is 0.687. The van der Waals surface area contributed by atoms with Crippen LogP contribution in [0.2, 0.25) is 0 Å². The molecule has 1 rings (SSSR count). The van der Waals surface area contributed by atoms with Crippen LogP contribution in [0.5, 0.6) is 0 Å². The first-order valence-corrected chi connectivity index (χ1v) is 6.61. The fourth-order valence-electron chi connectivity index (χ4n) is 1.95. The topological polar surface area (TPSA) is 29.3 Å². The van der Waals surface area contributed by atoms with E-state index >= 15 is 0 Å². The number of nitrogens with zero attached hydrogens (tertiary/aromatic N) is 1. The smallest absolute Gasteiger partial charge is 0.145 e. The van der Waals surface area contributed by atoms with Crippen molar-refractivity contribution in [3.05, 3.63) is 33.8 Å². The minimum absolute atomic E-state index is 0.0672. The van der Waals surface area contributed by atoms with Gasteiger partial charge in [0.15, 0.2) is 0 Å². The summed E-state index contributed by atoms with van der Waals surface area (Å²) in [4.78, 5) is 1.90. The largest absolute Gasteiger partial charge is 0.322 e. The second kappa shape index (κ2) is 5.63. The molecule has 1 aromatic rings. The molecule has 2 nitrogen and oxygen atoms in total. The maximum Gasteiger partial charge on any atom is 0.145 e. The highest BCUT2D eigenvalue weighted by molar-refractivity contribution is 9.10. The van der Waals surface area contributed by atoms with Crippen molar-refractivity contribution in [1.29, 1.82) is 0 Å². The fourth-order valence-corrected chi connectivity index (χ4v) is 2.30. The Morgan fingerprint density at radius 1 is 1.39 bits per heavy atom. The third kappa shape index (κ3) is 2.58. The van der Waals surface area contributed by atoms with Crippen LogP contribution < -0.4 is 5.73 Å². The van der Waals surface area contributed by atoms with E-state index in [9.17, 15) is 8.78 Å². The predicted octanol–water partition coefficient (Wildman–Crippen LogP) is 3.46. The lowest BCUT2D eigenvalue weighted by Crippen LogP contribution is -2.50. The van der Waals surface area contributed by atoms with Gasteiger partial charge in [-0.1, -0.05) is 6.92 Å². The van der Waals surface area contributed by atoms with E-state index in [-0.39, 0.29) is 10.0 Å². The van der Waals surface area contributed by atoms with Gasteiger partial charge >= 0.3 is 0 Å². The van der Waals surface area contributed by atoms with Crippen molar-refractivity contribution in [2.75, 3.05) is 14.1 Å². The maximum absolute atomic E-state index is 14.1. The number of halogens is 3. The molecule has 0 aliphatic carbocycles. The molecule has 2 unspecified atom stereocenters. The summed E-state index contributed by atoms with van der Waals surface area (Å²) in [5, 5.41) is 0. The van der Waals surface area contributed by atoms with Crippen LogP contribution in [0.25, 0.3) is 0 Å². The van der Waals surface area contributed by atoms with Crippen LogP contribution in [0.1, 0.15) is 31.9 Å². The minimum atomic E-state index is -0.741. The number of rotatable bonds is 4. The van der Waals surface area contributed by atoms with Crippen molar-refractivity contribution in [3.8, 4) is 0 Å². The van der Waals surface area contributed by atoms with Crippen LogP contribution in [0, 0.1) is 11.6 Å². The molecule has 0 fully saturated rings. The van der Waals surface area contributed by atoms with Crippen LogP contribution in [-0.4, -0.2) is 24.5 Å². The van der Waals surface area contributed by atoms with Gasteiger partial charge in [-0.25, -0.2) is 8.78 Å². The number of nitrogens with two attached hydrogens (primary N) is 1. The number of hydrogen-bond acceptors (Lipinski definition) is 2. The van der Waals surface area contributed by atoms with Crippen molar-refractivity contribution in [1.82, 2.24) is 4.90 Å². The normalized spacial score (nSPS) is 16.7. The highest BCUT2D eigenvalue weighted by atomic mass is 79.9. The van der Waals surface area contributed by atoms with Gasteiger partial charge in [0.25, 0.3) is 0 Å². The summed E-state index contributed by atoms with van der Waals surface area (Å²) >= 11 is 3.06. The van der Waals surface area contributed by atoms with Crippen molar-refractivity contribution in [3.63, 3.8) is 0 Å². The summed E-state index contributed by atoms with van der Waals surface area (Å²) < 4.78 is 28.1. The van der Waals surface area contributed by atoms with Gasteiger partial charge in [-0.3, -0.25) is 0 Å². The zero-order chi connectivity index (χ0) is 14.1. The van der Waals surface area contributed by atoms with Crippen molar-refractivity contribution < 1.29 is 8.78 Å². The number of hydrogen-bond donors (Lipinski definition) is 1. The quantitative estimate of drug-likeness (QED) is 0.861. The number of benzene rings is 1. The molecule has 0 radical (unpaired) electrons. The van der Waals surface area contributed by atoms with Gasteiger partial charge in [-0.15, -0.1) is 0 Å². The second-order valence-corrected chi connectivity index (χ2v) is 5.69. The van der Waals surface area contributed by atoms with Crippen LogP contribution in [-0.2, 0) is 0 Å². The van der Waals surface area contributed by atoms with E-state index in [1.165, 1.54) is 12.1 Å². The predicted molar refractivity (Wildman–Crippen MR) is 73.4 cm³/mol. The summed E-state index contributed by atoms with van der Waals surface area (Å²) in [5.74, 6) is -1.23. The van der Waals surface area contributed by atoms with Gasteiger partial charge in [0.2, 0.25) is 0 Å². The Bertz CT molecular complexity index is 437. The highest BCUT2D eigenvalue weighted by Crippen LogP contribution is 2.35. The molecule has 0 aromatic heterocycles. The second-order valence-electron chi connectivity index (χ2n) is 4.84. The number of likely N-dealkylation sites (N-methyl/N-ethyl adjacent to an activating group) is 1. The van der Waals surface area contributed by atoms with Crippen molar-refractivity contribution in [2.45, 2.75) is 31.8 Å². The first kappa shape index (κ1) is 15.5. The molecule has 2 atom stereocenters. The molecule has 0 aliphatic heterocycles. The van der Waals surface area contributed by atoms with Crippen molar-refractivity contribution >= 4 is 15.9 Å². The standard InChI is InChI=1S/C13H19BrF2N2/c1-5-13(2,18(3)4)12(17)10-9(15)7-6-8(14)11(10)16/h6-7,12H,5,17H2,1-4H3. The average Bonchev–Trinajstić information content (AvgIpc) is 2.32. The molecule has 102 valence electrons. The molecule has 2 N–H and O–H groups in total. The van der Waals surface area contributed by atoms with Crippen LogP contribution in [0.4, 0.5) is 8.78 Å². The summed E-state index contributed by atoms with van der Waals surface area (Å²) in [5.41, 5.74) is 5.53. The lowest BCUT2D eigenvalue weighted by Gasteiger charge is -2.41. The molecule has 1 aromatic carbocycles. The molecule has 0 amide bonds. The van der Waals surface area contributed by atoms with Crippen LogP contribution in [0.3, 0.4) is 0 Å². The summed E-state index contributed by atoms with van der Waals surface area (Å²) in [6, 6.07) is 1.84. The third-order valence-electron chi connectivity index (χ3n) is 3.80. The first-order chi connectivity index (χ1) is 8.25. The van der Waals surface area contributed by atoms with Crippen LogP contribution in [0.15, 0.2) is 16.6 Å². The van der Waals surface area contributed by atoms with Gasteiger partial charge in [-0.05, 0) is 55.5 Å². The van der Waals surface area contributed by atoms with Crippen LogP contribution >= 0.6 is 15.9 Å². The van der Waals surface area contributed by atoms with Gasteiger partial charge in [-0.2, -0.15) is 0 Å². The monoisotopic (exact) mass is 320 g/mol. The van der Waals surface area contributed by atoms with Gasteiger partial charge in [0.1, 0.15) is 11.6 Å². The molecular formula is C13H19BrF2N2. The minimum Gasteiger partial charge on any atom is -0.322 e. The Balaban J connectivity index is 3.34. The Morgan fingerprint density at radius 3 is 2.39 bits per heavy atom. The van der Waals surface area contributed by atoms with E-state index in [4.69, 9.17) is 5.73 Å². The molecule has 0 saturated heterocycles. The molecule has 0 heterocycles. The molecular weight excluding hydrogens is 302 g/mol. The lowest BCUT2D eigenvalue weighted by atomic mass is 9.83. The average molecular weight is 321 g/mol. The molecule has 18 heavy (non-hydrogen) atoms. The molecule has 0 saturated carbocycles. The Labute approximate surface area is 115 Å². The Morgan fingerprint density at radius 2 is 1.94 bits per heavy atom. The van der Waals surface area contributed by atoms with E-state index in [0.717, 1.165) is 0 Å². The molecule has 0 aliphatic rings. The lowest BCUT2D eigenvalue weighted by molar-refractivity contribution is 0.128.